The van der Waals surface area contributed by atoms with Gasteiger partial charge in [0.15, 0.2) is 0 Å². The topological polar surface area (TPSA) is 9.23 Å². The molecule has 0 radical (unpaired) electrons. The Hall–Kier alpha value is -1.13. The lowest BCUT2D eigenvalue weighted by Gasteiger charge is -2.09. The zero-order valence-corrected chi connectivity index (χ0v) is 11.5. The average molecular weight is 251 g/mol. The Balaban J connectivity index is 2.70. The van der Waals surface area contributed by atoms with E-state index in [2.05, 4.69) is 18.8 Å². The minimum absolute atomic E-state index is 0.794. The van der Waals surface area contributed by atoms with E-state index in [1.54, 1.807) is 7.11 Å². The minimum Gasteiger partial charge on any atom is -0.496 e. The molecule has 0 heterocycles. The van der Waals surface area contributed by atoms with Gasteiger partial charge in [0.25, 0.3) is 0 Å². The summed E-state index contributed by atoms with van der Waals surface area (Å²) in [4.78, 5) is 0. The fourth-order valence-electron chi connectivity index (χ4n) is 1.58. The highest BCUT2D eigenvalue weighted by molar-refractivity contribution is 6.31. The van der Waals surface area contributed by atoms with E-state index in [9.17, 15) is 0 Å². The summed E-state index contributed by atoms with van der Waals surface area (Å²) in [5.41, 5.74) is 2.18. The van der Waals surface area contributed by atoms with Gasteiger partial charge in [-0.3, -0.25) is 0 Å². The maximum absolute atomic E-state index is 6.11. The van der Waals surface area contributed by atoms with Crippen molar-refractivity contribution in [3.63, 3.8) is 0 Å². The van der Waals surface area contributed by atoms with Crippen LogP contribution in [0, 0.1) is 18.8 Å². The van der Waals surface area contributed by atoms with Crippen molar-refractivity contribution in [1.29, 1.82) is 0 Å². The van der Waals surface area contributed by atoms with Crippen molar-refractivity contribution in [2.45, 2.75) is 39.5 Å². The number of unbranched alkanes of at least 4 members (excludes halogenated alkanes) is 1. The molecule has 0 saturated heterocycles. The molecule has 0 bridgehead atoms. The smallest absolute Gasteiger partial charge is 0.122 e. The van der Waals surface area contributed by atoms with Gasteiger partial charge in [0.2, 0.25) is 0 Å². The van der Waals surface area contributed by atoms with Crippen LogP contribution in [0.4, 0.5) is 0 Å². The average Bonchev–Trinajstić information content (AvgIpc) is 2.33. The Kier molecular flexibility index (Phi) is 5.94. The van der Waals surface area contributed by atoms with Crippen LogP contribution >= 0.6 is 11.6 Å². The molecule has 1 aromatic rings. The molecule has 92 valence electrons. The molecule has 1 aromatic carbocycles. The normalized spacial score (nSPS) is 9.65. The lowest BCUT2D eigenvalue weighted by atomic mass is 10.1. The molecule has 0 aliphatic heterocycles. The highest BCUT2D eigenvalue weighted by Crippen LogP contribution is 2.27. The standard InChI is InChI=1S/C15H19ClO/c1-4-5-6-7-8-9-13-11-14(16)12(2)10-15(13)17-3/h10-11H,4-5,8-9H2,1-3H3. The van der Waals surface area contributed by atoms with Gasteiger partial charge in [-0.15, -0.1) is 11.8 Å². The van der Waals surface area contributed by atoms with Gasteiger partial charge in [-0.25, -0.2) is 0 Å². The van der Waals surface area contributed by atoms with E-state index in [-0.39, 0.29) is 0 Å². The van der Waals surface area contributed by atoms with Gasteiger partial charge in [-0.05, 0) is 43.0 Å². The fourth-order valence-corrected chi connectivity index (χ4v) is 1.77. The summed E-state index contributed by atoms with van der Waals surface area (Å²) in [5.74, 6) is 7.22. The number of benzene rings is 1. The van der Waals surface area contributed by atoms with Crippen LogP contribution in [-0.2, 0) is 6.42 Å². The third kappa shape index (κ3) is 4.32. The van der Waals surface area contributed by atoms with E-state index >= 15 is 0 Å². The van der Waals surface area contributed by atoms with Gasteiger partial charge in [0, 0.05) is 17.9 Å². The van der Waals surface area contributed by atoms with Crippen molar-refractivity contribution >= 4 is 11.6 Å². The van der Waals surface area contributed by atoms with Gasteiger partial charge >= 0.3 is 0 Å². The number of aryl methyl sites for hydroxylation is 2. The predicted molar refractivity (Wildman–Crippen MR) is 73.7 cm³/mol. The molecule has 0 fully saturated rings. The van der Waals surface area contributed by atoms with Gasteiger partial charge < -0.3 is 4.74 Å². The summed E-state index contributed by atoms with van der Waals surface area (Å²) < 4.78 is 5.35. The van der Waals surface area contributed by atoms with Crippen LogP contribution in [0.3, 0.4) is 0 Å². The molecule has 1 nitrogen and oxygen atoms in total. The Morgan fingerprint density at radius 2 is 1.94 bits per heavy atom. The second kappa shape index (κ2) is 7.25. The molecular weight excluding hydrogens is 232 g/mol. The quantitative estimate of drug-likeness (QED) is 0.720. The molecular formula is C15H19ClO. The zero-order valence-electron chi connectivity index (χ0n) is 10.8. The molecule has 0 saturated carbocycles. The van der Waals surface area contributed by atoms with Crippen molar-refractivity contribution in [2.75, 3.05) is 7.11 Å². The van der Waals surface area contributed by atoms with Crippen LogP contribution < -0.4 is 4.74 Å². The number of rotatable bonds is 4. The number of halogens is 1. The summed E-state index contributed by atoms with van der Waals surface area (Å²) >= 11 is 6.11. The molecule has 0 unspecified atom stereocenters. The number of ether oxygens (including phenoxy) is 1. The SMILES string of the molecule is CCCC#CCCc1cc(Cl)c(C)cc1OC. The maximum Gasteiger partial charge on any atom is 0.122 e. The van der Waals surface area contributed by atoms with Gasteiger partial charge in [-0.1, -0.05) is 18.5 Å². The highest BCUT2D eigenvalue weighted by Gasteiger charge is 2.05. The molecule has 0 spiro atoms. The van der Waals surface area contributed by atoms with Crippen LogP contribution in [0.5, 0.6) is 5.75 Å². The summed E-state index contributed by atoms with van der Waals surface area (Å²) in [6, 6.07) is 3.97. The zero-order chi connectivity index (χ0) is 12.7. The summed E-state index contributed by atoms with van der Waals surface area (Å²) in [6.07, 6.45) is 3.84. The van der Waals surface area contributed by atoms with E-state index in [0.29, 0.717) is 0 Å². The van der Waals surface area contributed by atoms with Crippen LogP contribution in [0.2, 0.25) is 5.02 Å². The summed E-state index contributed by atoms with van der Waals surface area (Å²) in [7, 11) is 1.69. The first kappa shape index (κ1) is 13.9. The van der Waals surface area contributed by atoms with E-state index in [4.69, 9.17) is 16.3 Å². The third-order valence-corrected chi connectivity index (χ3v) is 2.99. The largest absolute Gasteiger partial charge is 0.496 e. The molecule has 0 aromatic heterocycles. The molecule has 0 atom stereocenters. The molecule has 2 heteroatoms. The van der Waals surface area contributed by atoms with Crippen molar-refractivity contribution in [3.05, 3.63) is 28.3 Å². The number of methoxy groups -OCH3 is 1. The summed E-state index contributed by atoms with van der Waals surface area (Å²) in [5, 5.41) is 0.794. The lowest BCUT2D eigenvalue weighted by Crippen LogP contribution is -1.93. The van der Waals surface area contributed by atoms with E-state index in [0.717, 1.165) is 47.6 Å². The van der Waals surface area contributed by atoms with Crippen molar-refractivity contribution in [3.8, 4) is 17.6 Å². The molecule has 1 rings (SSSR count). The first-order valence-corrected chi connectivity index (χ1v) is 6.35. The first-order chi connectivity index (χ1) is 8.19. The highest BCUT2D eigenvalue weighted by atomic mass is 35.5. The van der Waals surface area contributed by atoms with Crippen LogP contribution in [0.25, 0.3) is 0 Å². The fraction of sp³-hybridized carbons (Fsp3) is 0.467. The van der Waals surface area contributed by atoms with Crippen molar-refractivity contribution < 1.29 is 4.74 Å². The third-order valence-electron chi connectivity index (χ3n) is 2.58. The van der Waals surface area contributed by atoms with Crippen molar-refractivity contribution in [2.24, 2.45) is 0 Å². The monoisotopic (exact) mass is 250 g/mol. The molecule has 0 amide bonds. The Labute approximate surface area is 109 Å². The van der Waals surface area contributed by atoms with E-state index in [1.165, 1.54) is 0 Å². The van der Waals surface area contributed by atoms with Crippen molar-refractivity contribution in [1.82, 2.24) is 0 Å². The molecule has 0 N–H and O–H groups in total. The van der Waals surface area contributed by atoms with Gasteiger partial charge in [0.05, 0.1) is 7.11 Å². The second-order valence-electron chi connectivity index (χ2n) is 4.02. The Morgan fingerprint density at radius 3 is 2.59 bits per heavy atom. The van der Waals surface area contributed by atoms with Crippen LogP contribution in [0.1, 0.15) is 37.3 Å². The molecule has 0 aliphatic rings. The molecule has 17 heavy (non-hydrogen) atoms. The second-order valence-corrected chi connectivity index (χ2v) is 4.42. The minimum atomic E-state index is 0.794. The van der Waals surface area contributed by atoms with E-state index < -0.39 is 0 Å². The van der Waals surface area contributed by atoms with Crippen LogP contribution in [0.15, 0.2) is 12.1 Å². The molecule has 0 aliphatic carbocycles. The summed E-state index contributed by atoms with van der Waals surface area (Å²) in [6.45, 7) is 4.12. The maximum atomic E-state index is 6.11. The van der Waals surface area contributed by atoms with Gasteiger partial charge in [0.1, 0.15) is 5.75 Å². The lowest BCUT2D eigenvalue weighted by molar-refractivity contribution is 0.409. The number of hydrogen-bond acceptors (Lipinski definition) is 1. The van der Waals surface area contributed by atoms with Crippen LogP contribution in [-0.4, -0.2) is 7.11 Å². The number of hydrogen-bond donors (Lipinski definition) is 0. The van der Waals surface area contributed by atoms with Gasteiger partial charge in [-0.2, -0.15) is 0 Å². The predicted octanol–water partition coefficient (Wildman–Crippen LogP) is 4.39. The first-order valence-electron chi connectivity index (χ1n) is 5.97. The van der Waals surface area contributed by atoms with E-state index in [1.807, 2.05) is 19.1 Å². The Bertz CT molecular complexity index is 427. The Morgan fingerprint density at radius 1 is 1.24 bits per heavy atom.